The Hall–Kier alpha value is -2.22. The lowest BCUT2D eigenvalue weighted by Gasteiger charge is -2.30. The highest BCUT2D eigenvalue weighted by molar-refractivity contribution is 7.90. The van der Waals surface area contributed by atoms with Crippen molar-refractivity contribution in [3.63, 3.8) is 0 Å². The quantitative estimate of drug-likeness (QED) is 0.834. The molecule has 1 aromatic carbocycles. The Labute approximate surface area is 163 Å². The fourth-order valence-corrected chi connectivity index (χ4v) is 4.20. The zero-order valence-corrected chi connectivity index (χ0v) is 16.9. The number of aromatic nitrogens is 1. The fraction of sp³-hybridized carbons (Fsp3) is 0.450. The molecule has 0 atom stereocenters. The number of aryl methyl sites for hydroxylation is 1. The summed E-state index contributed by atoms with van der Waals surface area (Å²) in [6, 6.07) is 6.31. The normalized spacial score (nSPS) is 17.5. The summed E-state index contributed by atoms with van der Waals surface area (Å²) in [6.07, 6.45) is 3.06. The standard InChI is InChI=1S/C20H24F2N2O3S/c1-13-16(8-11-24(2)19(13)25)17-12-15(28(3,26)27)4-5-18(17)23-14-6-9-20(21,22)10-7-14/h4-5,8,11-12,14,23H,6-7,9-10H2,1-3H3. The minimum atomic E-state index is -3.44. The van der Waals surface area contributed by atoms with E-state index in [4.69, 9.17) is 0 Å². The first kappa shape index (κ1) is 20.5. The molecule has 0 amide bonds. The number of hydrogen-bond acceptors (Lipinski definition) is 4. The van der Waals surface area contributed by atoms with Gasteiger partial charge in [0, 0.05) is 55.2 Å². The average molecular weight is 410 g/mol. The van der Waals surface area contributed by atoms with Gasteiger partial charge in [-0.25, -0.2) is 17.2 Å². The van der Waals surface area contributed by atoms with Gasteiger partial charge in [-0.2, -0.15) is 0 Å². The molecule has 0 spiro atoms. The molecule has 1 aliphatic rings. The summed E-state index contributed by atoms with van der Waals surface area (Å²) in [5, 5.41) is 3.29. The number of nitrogens with one attached hydrogen (secondary N) is 1. The molecule has 1 aliphatic carbocycles. The van der Waals surface area contributed by atoms with Crippen molar-refractivity contribution in [3.8, 4) is 11.1 Å². The van der Waals surface area contributed by atoms with Gasteiger partial charge in [-0.15, -0.1) is 0 Å². The van der Waals surface area contributed by atoms with Crippen LogP contribution < -0.4 is 10.9 Å². The number of alkyl halides is 2. The number of hydrogen-bond donors (Lipinski definition) is 1. The summed E-state index contributed by atoms with van der Waals surface area (Å²) >= 11 is 0. The Kier molecular flexibility index (Phi) is 5.36. The average Bonchev–Trinajstić information content (AvgIpc) is 2.61. The second-order valence-corrected chi connectivity index (χ2v) is 9.54. The van der Waals surface area contributed by atoms with Crippen molar-refractivity contribution >= 4 is 15.5 Å². The van der Waals surface area contributed by atoms with E-state index in [0.29, 0.717) is 35.2 Å². The van der Waals surface area contributed by atoms with Crippen LogP contribution in [0.5, 0.6) is 0 Å². The molecule has 1 saturated carbocycles. The number of nitrogens with zero attached hydrogens (tertiary/aromatic N) is 1. The molecule has 0 aliphatic heterocycles. The summed E-state index contributed by atoms with van der Waals surface area (Å²) in [6.45, 7) is 1.69. The smallest absolute Gasteiger partial charge is 0.253 e. The zero-order chi connectivity index (χ0) is 20.7. The lowest BCUT2D eigenvalue weighted by molar-refractivity contribution is -0.0360. The molecule has 8 heteroatoms. The van der Waals surface area contributed by atoms with E-state index in [9.17, 15) is 22.0 Å². The highest BCUT2D eigenvalue weighted by Gasteiger charge is 2.35. The van der Waals surface area contributed by atoms with E-state index >= 15 is 0 Å². The van der Waals surface area contributed by atoms with E-state index in [1.165, 1.54) is 16.7 Å². The molecule has 0 radical (unpaired) electrons. The third-order valence-electron chi connectivity index (χ3n) is 5.30. The minimum Gasteiger partial charge on any atom is -0.382 e. The van der Waals surface area contributed by atoms with E-state index in [0.717, 1.165) is 6.26 Å². The molecular weight excluding hydrogens is 386 g/mol. The molecule has 28 heavy (non-hydrogen) atoms. The molecular formula is C20H24F2N2O3S. The third-order valence-corrected chi connectivity index (χ3v) is 6.41. The Balaban J connectivity index is 2.06. The van der Waals surface area contributed by atoms with Crippen molar-refractivity contribution in [1.29, 1.82) is 0 Å². The Morgan fingerprint density at radius 2 is 1.79 bits per heavy atom. The van der Waals surface area contributed by atoms with Crippen LogP contribution in [0.4, 0.5) is 14.5 Å². The van der Waals surface area contributed by atoms with Crippen LogP contribution in [0.3, 0.4) is 0 Å². The van der Waals surface area contributed by atoms with Gasteiger partial charge in [0.1, 0.15) is 0 Å². The highest BCUT2D eigenvalue weighted by Crippen LogP contribution is 2.37. The van der Waals surface area contributed by atoms with Crippen LogP contribution in [0, 0.1) is 6.92 Å². The van der Waals surface area contributed by atoms with Gasteiger partial charge in [0.25, 0.3) is 5.56 Å². The Morgan fingerprint density at radius 1 is 1.14 bits per heavy atom. The van der Waals surface area contributed by atoms with Crippen molar-refractivity contribution in [2.45, 2.75) is 49.5 Å². The largest absolute Gasteiger partial charge is 0.382 e. The Bertz CT molecular complexity index is 1050. The van der Waals surface area contributed by atoms with Crippen molar-refractivity contribution in [2.24, 2.45) is 7.05 Å². The van der Waals surface area contributed by atoms with Crippen molar-refractivity contribution < 1.29 is 17.2 Å². The molecule has 0 saturated heterocycles. The van der Waals surface area contributed by atoms with E-state index in [2.05, 4.69) is 5.32 Å². The first-order valence-corrected chi connectivity index (χ1v) is 11.0. The summed E-state index contributed by atoms with van der Waals surface area (Å²) in [7, 11) is -1.79. The van der Waals surface area contributed by atoms with Gasteiger partial charge in [0.05, 0.1) is 4.90 Å². The first-order valence-electron chi connectivity index (χ1n) is 9.13. The SMILES string of the molecule is Cc1c(-c2cc(S(C)(=O)=O)ccc2NC2CCC(F)(F)CC2)ccn(C)c1=O. The van der Waals surface area contributed by atoms with E-state index in [1.807, 2.05) is 0 Å². The molecule has 0 bridgehead atoms. The summed E-state index contributed by atoms with van der Waals surface area (Å²) < 4.78 is 52.4. The summed E-state index contributed by atoms with van der Waals surface area (Å²) in [5.41, 5.74) is 2.16. The number of anilines is 1. The zero-order valence-electron chi connectivity index (χ0n) is 16.1. The van der Waals surface area contributed by atoms with E-state index < -0.39 is 15.8 Å². The first-order chi connectivity index (χ1) is 13.0. The molecule has 152 valence electrons. The van der Waals surface area contributed by atoms with Crippen LogP contribution in [-0.2, 0) is 16.9 Å². The second-order valence-electron chi connectivity index (χ2n) is 7.52. The van der Waals surface area contributed by atoms with Gasteiger partial charge in [-0.3, -0.25) is 4.79 Å². The number of halogens is 2. The lowest BCUT2D eigenvalue weighted by Crippen LogP contribution is -2.32. The topological polar surface area (TPSA) is 68.2 Å². The van der Waals surface area contributed by atoms with Crippen LogP contribution in [0.25, 0.3) is 11.1 Å². The van der Waals surface area contributed by atoms with Crippen molar-refractivity contribution in [3.05, 3.63) is 46.4 Å². The monoisotopic (exact) mass is 410 g/mol. The van der Waals surface area contributed by atoms with Crippen molar-refractivity contribution in [2.75, 3.05) is 11.6 Å². The lowest BCUT2D eigenvalue weighted by atomic mass is 9.91. The molecule has 0 unspecified atom stereocenters. The van der Waals surface area contributed by atoms with Crippen LogP contribution >= 0.6 is 0 Å². The molecule has 1 fully saturated rings. The van der Waals surface area contributed by atoms with Crippen LogP contribution in [-0.4, -0.2) is 31.2 Å². The maximum Gasteiger partial charge on any atom is 0.253 e. The minimum absolute atomic E-state index is 0.130. The van der Waals surface area contributed by atoms with Crippen LogP contribution in [0.1, 0.15) is 31.2 Å². The number of benzene rings is 1. The number of rotatable bonds is 4. The molecule has 2 aromatic rings. The van der Waals surface area contributed by atoms with E-state index in [1.54, 1.807) is 32.3 Å². The Morgan fingerprint density at radius 3 is 2.39 bits per heavy atom. The van der Waals surface area contributed by atoms with E-state index in [-0.39, 0.29) is 29.3 Å². The molecule has 5 nitrogen and oxygen atoms in total. The van der Waals surface area contributed by atoms with Crippen LogP contribution in [0.15, 0.2) is 40.2 Å². The van der Waals surface area contributed by atoms with Gasteiger partial charge in [-0.05, 0) is 49.6 Å². The maximum absolute atomic E-state index is 13.4. The number of pyridine rings is 1. The third kappa shape index (κ3) is 4.27. The van der Waals surface area contributed by atoms with Gasteiger partial charge < -0.3 is 9.88 Å². The van der Waals surface area contributed by atoms with Gasteiger partial charge in [0.15, 0.2) is 9.84 Å². The second kappa shape index (κ2) is 7.31. The fourth-order valence-electron chi connectivity index (χ4n) is 3.56. The van der Waals surface area contributed by atoms with Crippen LogP contribution in [0.2, 0.25) is 0 Å². The van der Waals surface area contributed by atoms with Gasteiger partial charge >= 0.3 is 0 Å². The van der Waals surface area contributed by atoms with Crippen molar-refractivity contribution in [1.82, 2.24) is 4.57 Å². The molecule has 3 rings (SSSR count). The molecule has 1 aromatic heterocycles. The predicted molar refractivity (Wildman–Crippen MR) is 106 cm³/mol. The van der Waals surface area contributed by atoms with Gasteiger partial charge in [-0.1, -0.05) is 0 Å². The molecule has 1 heterocycles. The predicted octanol–water partition coefficient (Wildman–Crippen LogP) is 3.75. The number of sulfone groups is 1. The summed E-state index contributed by atoms with van der Waals surface area (Å²) in [4.78, 5) is 12.5. The highest BCUT2D eigenvalue weighted by atomic mass is 32.2. The maximum atomic E-state index is 13.4. The summed E-state index contributed by atoms with van der Waals surface area (Å²) in [5.74, 6) is -2.62. The van der Waals surface area contributed by atoms with Gasteiger partial charge in [0.2, 0.25) is 5.92 Å². The molecule has 1 N–H and O–H groups in total.